The molecule has 0 N–H and O–H groups in total. The van der Waals surface area contributed by atoms with Crippen LogP contribution in [0.4, 0.5) is 5.69 Å². The van der Waals surface area contributed by atoms with Crippen molar-refractivity contribution >= 4 is 17.4 Å². The second kappa shape index (κ2) is 5.29. The number of esters is 1. The van der Waals surface area contributed by atoms with Crippen LogP contribution in [0.15, 0.2) is 29.3 Å². The maximum atomic E-state index is 11.3. The molecule has 0 saturated carbocycles. The summed E-state index contributed by atoms with van der Waals surface area (Å²) >= 11 is 0. The highest BCUT2D eigenvalue weighted by Crippen LogP contribution is 2.14. The first kappa shape index (κ1) is 11.4. The summed E-state index contributed by atoms with van der Waals surface area (Å²) in [4.78, 5) is 15.6. The summed E-state index contributed by atoms with van der Waals surface area (Å²) in [5.74, 6) is -0.291. The smallest absolute Gasteiger partial charge is 0.338 e. The normalized spacial score (nSPS) is 9.53. The van der Waals surface area contributed by atoms with Crippen LogP contribution in [-0.4, -0.2) is 18.3 Å². The van der Waals surface area contributed by atoms with E-state index in [9.17, 15) is 4.79 Å². The molecule has 1 aromatic rings. The van der Waals surface area contributed by atoms with E-state index in [4.69, 9.17) is 4.74 Å². The first-order valence-electron chi connectivity index (χ1n) is 4.92. The van der Waals surface area contributed by atoms with Crippen molar-refractivity contribution in [2.45, 2.75) is 20.8 Å². The fourth-order valence-electron chi connectivity index (χ4n) is 1.14. The SMILES string of the molecule is CCOC(=O)c1ccc(N=C(C)C)cc1. The van der Waals surface area contributed by atoms with Crippen LogP contribution in [0.2, 0.25) is 0 Å². The topological polar surface area (TPSA) is 38.7 Å². The van der Waals surface area contributed by atoms with Crippen LogP contribution >= 0.6 is 0 Å². The van der Waals surface area contributed by atoms with Gasteiger partial charge in [0.1, 0.15) is 0 Å². The number of aliphatic imine (C=N–C) groups is 1. The van der Waals surface area contributed by atoms with Crippen molar-refractivity contribution in [2.75, 3.05) is 6.61 Å². The second-order valence-corrected chi connectivity index (χ2v) is 3.33. The molecule has 1 aromatic carbocycles. The summed E-state index contributed by atoms with van der Waals surface area (Å²) < 4.78 is 4.87. The first-order chi connectivity index (χ1) is 7.13. The molecule has 0 aliphatic carbocycles. The third kappa shape index (κ3) is 3.54. The van der Waals surface area contributed by atoms with Gasteiger partial charge in [-0.05, 0) is 45.0 Å². The Kier molecular flexibility index (Phi) is 4.03. The Labute approximate surface area is 89.8 Å². The summed E-state index contributed by atoms with van der Waals surface area (Å²) in [6.45, 7) is 6.04. The Morgan fingerprint density at radius 1 is 1.27 bits per heavy atom. The first-order valence-corrected chi connectivity index (χ1v) is 4.92. The molecule has 0 unspecified atom stereocenters. The molecule has 0 amide bonds. The fraction of sp³-hybridized carbons (Fsp3) is 0.333. The van der Waals surface area contributed by atoms with Crippen molar-refractivity contribution in [1.82, 2.24) is 0 Å². The van der Waals surface area contributed by atoms with Gasteiger partial charge in [-0.2, -0.15) is 0 Å². The largest absolute Gasteiger partial charge is 0.462 e. The molecule has 0 aliphatic heterocycles. The molecular formula is C12H15NO2. The van der Waals surface area contributed by atoms with E-state index < -0.39 is 0 Å². The van der Waals surface area contributed by atoms with Gasteiger partial charge in [0.15, 0.2) is 0 Å². The van der Waals surface area contributed by atoms with Gasteiger partial charge in [-0.15, -0.1) is 0 Å². The van der Waals surface area contributed by atoms with Gasteiger partial charge in [0.2, 0.25) is 0 Å². The monoisotopic (exact) mass is 205 g/mol. The van der Waals surface area contributed by atoms with E-state index in [1.54, 1.807) is 31.2 Å². The molecule has 0 bridgehead atoms. The van der Waals surface area contributed by atoms with Gasteiger partial charge >= 0.3 is 5.97 Å². The van der Waals surface area contributed by atoms with E-state index in [2.05, 4.69) is 4.99 Å². The van der Waals surface area contributed by atoms with Gasteiger partial charge in [0.25, 0.3) is 0 Å². The molecule has 15 heavy (non-hydrogen) atoms. The predicted molar refractivity (Wildman–Crippen MR) is 60.8 cm³/mol. The Morgan fingerprint density at radius 2 is 1.87 bits per heavy atom. The Hall–Kier alpha value is -1.64. The summed E-state index contributed by atoms with van der Waals surface area (Å²) in [5.41, 5.74) is 2.39. The number of rotatable bonds is 3. The molecule has 80 valence electrons. The molecule has 1 rings (SSSR count). The zero-order valence-electron chi connectivity index (χ0n) is 9.28. The molecule has 3 nitrogen and oxygen atoms in total. The molecule has 0 saturated heterocycles. The molecular weight excluding hydrogens is 190 g/mol. The molecule has 0 spiro atoms. The average molecular weight is 205 g/mol. The minimum absolute atomic E-state index is 0.291. The van der Waals surface area contributed by atoms with Crippen LogP contribution in [0.25, 0.3) is 0 Å². The van der Waals surface area contributed by atoms with Gasteiger partial charge in [-0.3, -0.25) is 4.99 Å². The second-order valence-electron chi connectivity index (χ2n) is 3.33. The predicted octanol–water partition coefficient (Wildman–Crippen LogP) is 2.98. The van der Waals surface area contributed by atoms with Gasteiger partial charge in [0.05, 0.1) is 17.9 Å². The number of hydrogen-bond acceptors (Lipinski definition) is 3. The van der Waals surface area contributed by atoms with Crippen LogP contribution in [0.1, 0.15) is 31.1 Å². The number of nitrogens with zero attached hydrogens (tertiary/aromatic N) is 1. The summed E-state index contributed by atoms with van der Waals surface area (Å²) in [7, 11) is 0. The molecule has 3 heteroatoms. The number of ether oxygens (including phenoxy) is 1. The van der Waals surface area contributed by atoms with Crippen LogP contribution in [0, 0.1) is 0 Å². The Morgan fingerprint density at radius 3 is 2.33 bits per heavy atom. The summed E-state index contributed by atoms with van der Waals surface area (Å²) in [6.07, 6.45) is 0. The number of carbonyl (C=O) groups is 1. The highest BCUT2D eigenvalue weighted by Gasteiger charge is 2.04. The van der Waals surface area contributed by atoms with Crippen molar-refractivity contribution in [3.05, 3.63) is 29.8 Å². The molecule has 0 radical (unpaired) electrons. The lowest BCUT2D eigenvalue weighted by Crippen LogP contribution is -2.03. The van der Waals surface area contributed by atoms with Crippen molar-refractivity contribution in [3.8, 4) is 0 Å². The molecule has 0 heterocycles. The summed E-state index contributed by atoms with van der Waals surface area (Å²) in [6, 6.07) is 7.05. The van der Waals surface area contributed by atoms with E-state index in [0.29, 0.717) is 12.2 Å². The van der Waals surface area contributed by atoms with Crippen LogP contribution in [-0.2, 0) is 4.74 Å². The highest BCUT2D eigenvalue weighted by atomic mass is 16.5. The van der Waals surface area contributed by atoms with Crippen LogP contribution in [0.5, 0.6) is 0 Å². The number of carbonyl (C=O) groups excluding carboxylic acids is 1. The van der Waals surface area contributed by atoms with Crippen molar-refractivity contribution in [3.63, 3.8) is 0 Å². The van der Waals surface area contributed by atoms with Crippen molar-refractivity contribution in [1.29, 1.82) is 0 Å². The third-order valence-electron chi connectivity index (χ3n) is 1.73. The third-order valence-corrected chi connectivity index (χ3v) is 1.73. The number of hydrogen-bond donors (Lipinski definition) is 0. The zero-order valence-corrected chi connectivity index (χ0v) is 9.28. The van der Waals surface area contributed by atoms with Crippen molar-refractivity contribution < 1.29 is 9.53 Å². The minimum Gasteiger partial charge on any atom is -0.462 e. The maximum absolute atomic E-state index is 11.3. The summed E-state index contributed by atoms with van der Waals surface area (Å²) in [5, 5.41) is 0. The van der Waals surface area contributed by atoms with E-state index >= 15 is 0 Å². The van der Waals surface area contributed by atoms with E-state index in [0.717, 1.165) is 11.4 Å². The van der Waals surface area contributed by atoms with Crippen LogP contribution in [0.3, 0.4) is 0 Å². The average Bonchev–Trinajstić information content (AvgIpc) is 2.18. The van der Waals surface area contributed by atoms with Gasteiger partial charge in [-0.1, -0.05) is 0 Å². The Balaban J connectivity index is 2.81. The minimum atomic E-state index is -0.291. The van der Waals surface area contributed by atoms with Gasteiger partial charge < -0.3 is 4.74 Å². The van der Waals surface area contributed by atoms with E-state index in [1.807, 2.05) is 13.8 Å². The lowest BCUT2D eigenvalue weighted by atomic mass is 10.2. The quantitative estimate of drug-likeness (QED) is 0.562. The van der Waals surface area contributed by atoms with Crippen molar-refractivity contribution in [2.24, 2.45) is 4.99 Å². The molecule has 0 atom stereocenters. The molecule has 0 aromatic heterocycles. The standard InChI is InChI=1S/C12H15NO2/c1-4-15-12(14)10-5-7-11(8-6-10)13-9(2)3/h5-8H,4H2,1-3H3. The molecule has 0 fully saturated rings. The lowest BCUT2D eigenvalue weighted by Gasteiger charge is -2.01. The zero-order chi connectivity index (χ0) is 11.3. The van der Waals surface area contributed by atoms with Gasteiger partial charge in [-0.25, -0.2) is 4.79 Å². The van der Waals surface area contributed by atoms with Gasteiger partial charge in [0, 0.05) is 5.71 Å². The highest BCUT2D eigenvalue weighted by molar-refractivity contribution is 5.90. The maximum Gasteiger partial charge on any atom is 0.338 e. The van der Waals surface area contributed by atoms with E-state index in [-0.39, 0.29) is 5.97 Å². The number of benzene rings is 1. The molecule has 0 aliphatic rings. The fourth-order valence-corrected chi connectivity index (χ4v) is 1.14. The Bertz CT molecular complexity index is 362. The lowest BCUT2D eigenvalue weighted by molar-refractivity contribution is 0.0526. The van der Waals surface area contributed by atoms with E-state index in [1.165, 1.54) is 0 Å². The van der Waals surface area contributed by atoms with Crippen LogP contribution < -0.4 is 0 Å².